The van der Waals surface area contributed by atoms with E-state index in [9.17, 15) is 14.0 Å². The zero-order valence-electron chi connectivity index (χ0n) is 18.3. The summed E-state index contributed by atoms with van der Waals surface area (Å²) in [5.74, 6) is -0.649. The Labute approximate surface area is 175 Å². The number of carbonyl (C=O) groups excluding carboxylic acids is 2. The lowest BCUT2D eigenvalue weighted by Crippen LogP contribution is -2.49. The molecule has 2 amide bonds. The van der Waals surface area contributed by atoms with Crippen LogP contribution in [-0.4, -0.2) is 56.3 Å². The van der Waals surface area contributed by atoms with Crippen molar-refractivity contribution >= 4 is 11.8 Å². The number of amides is 2. The Kier molecular flexibility index (Phi) is 5.92. The molecule has 1 N–H and O–H groups in total. The third-order valence-corrected chi connectivity index (χ3v) is 5.52. The molecule has 0 radical (unpaired) electrons. The molecule has 0 bridgehead atoms. The molecule has 162 valence electrons. The molecule has 1 fully saturated rings. The van der Waals surface area contributed by atoms with Crippen molar-refractivity contribution in [2.45, 2.75) is 53.1 Å². The summed E-state index contributed by atoms with van der Waals surface area (Å²) in [4.78, 5) is 31.3. The van der Waals surface area contributed by atoms with Gasteiger partial charge in [-0.15, -0.1) is 5.10 Å². The van der Waals surface area contributed by atoms with Crippen LogP contribution in [0.25, 0.3) is 11.3 Å². The monoisotopic (exact) mass is 416 g/mol. The first kappa shape index (κ1) is 21.9. The van der Waals surface area contributed by atoms with E-state index in [1.807, 2.05) is 27.7 Å². The van der Waals surface area contributed by atoms with Crippen LogP contribution in [0.3, 0.4) is 0 Å². The van der Waals surface area contributed by atoms with E-state index in [2.05, 4.69) is 20.6 Å². The molecule has 3 atom stereocenters. The lowest BCUT2D eigenvalue weighted by atomic mass is 9.85. The van der Waals surface area contributed by atoms with Gasteiger partial charge in [0.25, 0.3) is 0 Å². The number of hydrogen-bond donors (Lipinski definition) is 1. The molecule has 0 spiro atoms. The smallest absolute Gasteiger partial charge is 0.248 e. The van der Waals surface area contributed by atoms with Crippen molar-refractivity contribution in [2.75, 3.05) is 13.6 Å². The molecule has 30 heavy (non-hydrogen) atoms. The molecule has 1 saturated heterocycles. The van der Waals surface area contributed by atoms with Crippen molar-refractivity contribution in [3.63, 3.8) is 0 Å². The van der Waals surface area contributed by atoms with E-state index in [1.54, 1.807) is 29.7 Å². The number of likely N-dealkylation sites (N-methyl/N-ethyl adjacent to an activating group) is 1. The molecule has 2 aromatic rings. The average molecular weight is 417 g/mol. The average Bonchev–Trinajstić information content (AvgIpc) is 3.27. The van der Waals surface area contributed by atoms with E-state index >= 15 is 0 Å². The number of pyridine rings is 1. The topological polar surface area (TPSA) is 93.0 Å². The maximum absolute atomic E-state index is 13.6. The molecular weight excluding hydrogens is 387 g/mol. The van der Waals surface area contributed by atoms with Crippen molar-refractivity contribution in [3.05, 3.63) is 30.0 Å². The molecule has 8 nitrogen and oxygen atoms in total. The van der Waals surface area contributed by atoms with Gasteiger partial charge in [-0.2, -0.15) is 4.39 Å². The molecule has 0 aromatic carbocycles. The van der Waals surface area contributed by atoms with Gasteiger partial charge in [-0.1, -0.05) is 32.9 Å². The van der Waals surface area contributed by atoms with Crippen LogP contribution in [0.1, 0.15) is 45.7 Å². The Morgan fingerprint density at radius 1 is 1.33 bits per heavy atom. The van der Waals surface area contributed by atoms with Crippen molar-refractivity contribution in [3.8, 4) is 11.3 Å². The fraction of sp³-hybridized carbons (Fsp3) is 0.571. The van der Waals surface area contributed by atoms with Gasteiger partial charge in [0, 0.05) is 25.4 Å². The Hall–Kier alpha value is -2.84. The first-order valence-electron chi connectivity index (χ1n) is 10.1. The Balaban J connectivity index is 1.97. The van der Waals surface area contributed by atoms with Crippen LogP contribution < -0.4 is 5.32 Å². The zero-order chi connectivity index (χ0) is 22.2. The summed E-state index contributed by atoms with van der Waals surface area (Å²) in [6.07, 6.45) is 3.73. The van der Waals surface area contributed by atoms with Gasteiger partial charge < -0.3 is 10.2 Å². The molecule has 3 heterocycles. The third kappa shape index (κ3) is 4.20. The second kappa shape index (κ2) is 8.12. The second-order valence-electron chi connectivity index (χ2n) is 9.14. The van der Waals surface area contributed by atoms with E-state index in [1.165, 1.54) is 12.3 Å². The summed E-state index contributed by atoms with van der Waals surface area (Å²) in [6.45, 7) is 10.2. The Bertz CT molecular complexity index is 951. The van der Waals surface area contributed by atoms with Crippen molar-refractivity contribution < 1.29 is 14.0 Å². The fourth-order valence-electron chi connectivity index (χ4n) is 4.06. The predicted octanol–water partition coefficient (Wildman–Crippen LogP) is 2.36. The molecule has 0 saturated carbocycles. The first-order valence-corrected chi connectivity index (χ1v) is 10.1. The lowest BCUT2D eigenvalue weighted by molar-refractivity contribution is -0.143. The minimum absolute atomic E-state index is 0.160. The normalized spacial score (nSPS) is 20.3. The van der Waals surface area contributed by atoms with Crippen molar-refractivity contribution in [1.29, 1.82) is 0 Å². The largest absolute Gasteiger partial charge is 0.357 e. The van der Waals surface area contributed by atoms with Crippen LogP contribution in [0.5, 0.6) is 0 Å². The van der Waals surface area contributed by atoms with Gasteiger partial charge in [-0.25, -0.2) is 9.67 Å². The molecule has 1 aliphatic heterocycles. The third-order valence-electron chi connectivity index (χ3n) is 5.52. The molecule has 3 rings (SSSR count). The molecule has 0 aliphatic carbocycles. The first-order chi connectivity index (χ1) is 14.0. The van der Waals surface area contributed by atoms with E-state index in [0.717, 1.165) is 0 Å². The lowest BCUT2D eigenvalue weighted by Gasteiger charge is -2.34. The van der Waals surface area contributed by atoms with Gasteiger partial charge >= 0.3 is 0 Å². The molecule has 3 unspecified atom stereocenters. The second-order valence-corrected chi connectivity index (χ2v) is 9.14. The molecule has 2 aromatic heterocycles. The minimum Gasteiger partial charge on any atom is -0.357 e. The zero-order valence-corrected chi connectivity index (χ0v) is 18.3. The van der Waals surface area contributed by atoms with Crippen molar-refractivity contribution in [1.82, 2.24) is 30.2 Å². The maximum atomic E-state index is 13.6. The van der Waals surface area contributed by atoms with Crippen LogP contribution in [-0.2, 0) is 9.59 Å². The quantitative estimate of drug-likeness (QED) is 0.773. The van der Waals surface area contributed by atoms with E-state index < -0.39 is 23.4 Å². The number of carbonyl (C=O) groups is 2. The SMILES string of the molecule is CNC(=O)C1CC(C)CN1C(=O)C(n1cc(-c2cnc(F)cc2C)nn1)C(C)(C)C. The van der Waals surface area contributed by atoms with Crippen LogP contribution >= 0.6 is 0 Å². The Morgan fingerprint density at radius 3 is 2.63 bits per heavy atom. The van der Waals surface area contributed by atoms with Crippen LogP contribution in [0.4, 0.5) is 4.39 Å². The number of aromatic nitrogens is 4. The van der Waals surface area contributed by atoms with Crippen molar-refractivity contribution in [2.24, 2.45) is 11.3 Å². The number of halogens is 1. The van der Waals surface area contributed by atoms with Gasteiger partial charge in [-0.3, -0.25) is 9.59 Å². The van der Waals surface area contributed by atoms with Gasteiger partial charge in [0.15, 0.2) is 0 Å². The number of likely N-dealkylation sites (tertiary alicyclic amines) is 1. The van der Waals surface area contributed by atoms with Crippen LogP contribution in [0.2, 0.25) is 0 Å². The summed E-state index contributed by atoms with van der Waals surface area (Å²) in [5.41, 5.74) is 1.37. The highest BCUT2D eigenvalue weighted by Gasteiger charge is 2.44. The number of aryl methyl sites for hydroxylation is 1. The van der Waals surface area contributed by atoms with Gasteiger partial charge in [0.1, 0.15) is 17.8 Å². The fourth-order valence-corrected chi connectivity index (χ4v) is 4.06. The van der Waals surface area contributed by atoms with Crippen LogP contribution in [0, 0.1) is 24.2 Å². The summed E-state index contributed by atoms with van der Waals surface area (Å²) in [7, 11) is 1.58. The maximum Gasteiger partial charge on any atom is 0.248 e. The highest BCUT2D eigenvalue weighted by molar-refractivity contribution is 5.90. The van der Waals surface area contributed by atoms with Gasteiger partial charge in [-0.05, 0) is 36.3 Å². The predicted molar refractivity (Wildman–Crippen MR) is 110 cm³/mol. The Morgan fingerprint density at radius 2 is 2.03 bits per heavy atom. The van der Waals surface area contributed by atoms with E-state index in [0.29, 0.717) is 29.8 Å². The number of rotatable bonds is 4. The standard InChI is InChI=1S/C21H29FN6O2/c1-12-7-16(19(29)23-6)27(10-12)20(30)18(21(3,4)5)28-11-15(25-26-28)14-9-24-17(22)8-13(14)2/h8-9,11-12,16,18H,7,10H2,1-6H3,(H,23,29). The highest BCUT2D eigenvalue weighted by atomic mass is 19.1. The summed E-state index contributed by atoms with van der Waals surface area (Å²) in [5, 5.41) is 11.1. The molecule has 1 aliphatic rings. The number of nitrogens with zero attached hydrogens (tertiary/aromatic N) is 5. The van der Waals surface area contributed by atoms with E-state index in [4.69, 9.17) is 0 Å². The summed E-state index contributed by atoms with van der Waals surface area (Å²) >= 11 is 0. The summed E-state index contributed by atoms with van der Waals surface area (Å²) < 4.78 is 14.9. The highest BCUT2D eigenvalue weighted by Crippen LogP contribution is 2.36. The van der Waals surface area contributed by atoms with Crippen LogP contribution in [0.15, 0.2) is 18.5 Å². The minimum atomic E-state index is -0.648. The molecular formula is C21H29FN6O2. The van der Waals surface area contributed by atoms with Gasteiger partial charge in [0.05, 0.1) is 6.20 Å². The number of nitrogens with one attached hydrogen (secondary N) is 1. The van der Waals surface area contributed by atoms with Gasteiger partial charge in [0.2, 0.25) is 17.8 Å². The summed E-state index contributed by atoms with van der Waals surface area (Å²) in [6, 6.07) is 0.194. The van der Waals surface area contributed by atoms with E-state index in [-0.39, 0.29) is 17.7 Å². The molecule has 9 heteroatoms. The number of hydrogen-bond acceptors (Lipinski definition) is 5.